The Hall–Kier alpha value is -2.76. The fraction of sp³-hybridized carbons (Fsp3) is 0.310. The lowest BCUT2D eigenvalue weighted by Gasteiger charge is -2.34. The zero-order valence-corrected chi connectivity index (χ0v) is 22.1. The van der Waals surface area contributed by atoms with E-state index in [2.05, 4.69) is 5.32 Å². The first kappa shape index (κ1) is 26.8. The number of rotatable bonds is 10. The highest BCUT2D eigenvalue weighted by Gasteiger charge is 2.32. The van der Waals surface area contributed by atoms with E-state index < -0.39 is 11.6 Å². The molecule has 0 spiro atoms. The van der Waals surface area contributed by atoms with Crippen molar-refractivity contribution in [3.05, 3.63) is 101 Å². The number of hydrogen-bond donors (Lipinski definition) is 1. The van der Waals surface area contributed by atoms with Crippen molar-refractivity contribution < 1.29 is 9.59 Å². The molecule has 0 saturated heterocycles. The van der Waals surface area contributed by atoms with Crippen LogP contribution in [0.4, 0.5) is 0 Å². The molecule has 0 saturated carbocycles. The maximum atomic E-state index is 13.6. The molecule has 184 valence electrons. The molecule has 0 aliphatic rings. The second-order valence-corrected chi connectivity index (χ2v) is 11.1. The molecular formula is C29H33ClN2O2S. The van der Waals surface area contributed by atoms with E-state index in [1.165, 1.54) is 0 Å². The molecule has 0 aliphatic carbocycles. The second kappa shape index (κ2) is 12.8. The molecule has 6 heteroatoms. The molecule has 3 aromatic rings. The number of carbonyl (C=O) groups excluding carboxylic acids is 2. The molecule has 4 nitrogen and oxygen atoms in total. The summed E-state index contributed by atoms with van der Waals surface area (Å²) in [7, 11) is 0. The molecule has 0 aromatic heterocycles. The smallest absolute Gasteiger partial charge is 0.243 e. The van der Waals surface area contributed by atoms with Gasteiger partial charge in [0.25, 0.3) is 0 Å². The molecule has 0 radical (unpaired) electrons. The number of halogens is 1. The molecule has 1 atom stereocenters. The van der Waals surface area contributed by atoms with Gasteiger partial charge in [0.05, 0.1) is 0 Å². The largest absolute Gasteiger partial charge is 0.350 e. The summed E-state index contributed by atoms with van der Waals surface area (Å²) < 4.78 is 0. The van der Waals surface area contributed by atoms with Crippen molar-refractivity contribution >= 4 is 35.2 Å². The van der Waals surface area contributed by atoms with E-state index in [9.17, 15) is 9.59 Å². The van der Waals surface area contributed by atoms with Crippen molar-refractivity contribution in [2.75, 3.05) is 5.75 Å². The van der Waals surface area contributed by atoms with Crippen LogP contribution >= 0.6 is 23.4 Å². The van der Waals surface area contributed by atoms with E-state index in [1.807, 2.05) is 106 Å². The van der Waals surface area contributed by atoms with E-state index in [4.69, 9.17) is 11.6 Å². The van der Waals surface area contributed by atoms with Crippen molar-refractivity contribution in [2.24, 2.45) is 0 Å². The van der Waals surface area contributed by atoms with Gasteiger partial charge in [-0.2, -0.15) is 0 Å². The van der Waals surface area contributed by atoms with Gasteiger partial charge in [0.1, 0.15) is 6.04 Å². The number of nitrogens with zero attached hydrogens (tertiary/aromatic N) is 1. The summed E-state index contributed by atoms with van der Waals surface area (Å²) in [5, 5.41) is 3.69. The maximum absolute atomic E-state index is 13.6. The Labute approximate surface area is 218 Å². The molecule has 2 amide bonds. The molecule has 1 unspecified atom stereocenters. The van der Waals surface area contributed by atoms with Crippen LogP contribution in [0.1, 0.15) is 38.3 Å². The zero-order valence-electron chi connectivity index (χ0n) is 20.5. The molecular weight excluding hydrogens is 476 g/mol. The van der Waals surface area contributed by atoms with Gasteiger partial charge in [-0.25, -0.2) is 0 Å². The minimum atomic E-state index is -0.648. The predicted molar refractivity (Wildman–Crippen MR) is 146 cm³/mol. The third-order valence-electron chi connectivity index (χ3n) is 5.34. The summed E-state index contributed by atoms with van der Waals surface area (Å²) in [6.07, 6.45) is 0.759. The summed E-state index contributed by atoms with van der Waals surface area (Å²) in [4.78, 5) is 30.0. The van der Waals surface area contributed by atoms with Gasteiger partial charge in [0.15, 0.2) is 0 Å². The minimum absolute atomic E-state index is 0.0570. The standard InChI is InChI=1S/C29H33ClN2O2S/c1-29(2,3)31-28(34)26(20-22-11-6-4-7-12-22)32(21-23-13-10-14-24(30)19-23)27(33)17-18-35-25-15-8-5-9-16-25/h4-16,19,26H,17-18,20-21H2,1-3H3,(H,31,34). The Morgan fingerprint density at radius 2 is 1.54 bits per heavy atom. The Kier molecular flexibility index (Phi) is 9.82. The van der Waals surface area contributed by atoms with Gasteiger partial charge in [-0.3, -0.25) is 9.59 Å². The van der Waals surface area contributed by atoms with Crippen LogP contribution in [0, 0.1) is 0 Å². The molecule has 0 heterocycles. The van der Waals surface area contributed by atoms with Gasteiger partial charge in [-0.05, 0) is 56.2 Å². The highest BCUT2D eigenvalue weighted by molar-refractivity contribution is 7.99. The number of hydrogen-bond acceptors (Lipinski definition) is 3. The van der Waals surface area contributed by atoms with Crippen molar-refractivity contribution in [3.8, 4) is 0 Å². The lowest BCUT2D eigenvalue weighted by Crippen LogP contribution is -2.54. The molecule has 0 aliphatic heterocycles. The molecule has 3 rings (SSSR count). The van der Waals surface area contributed by atoms with Crippen molar-refractivity contribution in [1.29, 1.82) is 0 Å². The van der Waals surface area contributed by atoms with E-state index in [0.717, 1.165) is 16.0 Å². The normalized spacial score (nSPS) is 12.1. The summed E-state index contributed by atoms with van der Waals surface area (Å²) in [5.41, 5.74) is 1.48. The average Bonchev–Trinajstić information content (AvgIpc) is 2.81. The molecule has 1 N–H and O–H groups in total. The van der Waals surface area contributed by atoms with Crippen LogP contribution in [0.2, 0.25) is 5.02 Å². The molecule has 35 heavy (non-hydrogen) atoms. The van der Waals surface area contributed by atoms with Crippen molar-refractivity contribution in [3.63, 3.8) is 0 Å². The highest BCUT2D eigenvalue weighted by atomic mass is 35.5. The van der Waals surface area contributed by atoms with E-state index in [1.54, 1.807) is 16.7 Å². The van der Waals surface area contributed by atoms with Crippen LogP contribution in [0.3, 0.4) is 0 Å². The van der Waals surface area contributed by atoms with Crippen LogP contribution in [0.5, 0.6) is 0 Å². The topological polar surface area (TPSA) is 49.4 Å². The Morgan fingerprint density at radius 3 is 2.17 bits per heavy atom. The van der Waals surface area contributed by atoms with Gasteiger partial charge < -0.3 is 10.2 Å². The van der Waals surface area contributed by atoms with Gasteiger partial charge >= 0.3 is 0 Å². The van der Waals surface area contributed by atoms with Crippen LogP contribution in [0.25, 0.3) is 0 Å². The third-order valence-corrected chi connectivity index (χ3v) is 6.59. The van der Waals surface area contributed by atoms with Crippen LogP contribution in [-0.2, 0) is 22.6 Å². The first-order valence-corrected chi connectivity index (χ1v) is 13.2. The first-order valence-electron chi connectivity index (χ1n) is 11.8. The minimum Gasteiger partial charge on any atom is -0.350 e. The van der Waals surface area contributed by atoms with Crippen LogP contribution < -0.4 is 5.32 Å². The second-order valence-electron chi connectivity index (χ2n) is 9.51. The van der Waals surface area contributed by atoms with Gasteiger partial charge in [0, 0.05) is 40.6 Å². The molecule has 0 fully saturated rings. The lowest BCUT2D eigenvalue weighted by molar-refractivity contribution is -0.141. The summed E-state index contributed by atoms with van der Waals surface area (Å²) in [6.45, 7) is 6.16. The van der Waals surface area contributed by atoms with E-state index in [-0.39, 0.29) is 11.8 Å². The van der Waals surface area contributed by atoms with Crippen LogP contribution in [-0.4, -0.2) is 34.0 Å². The van der Waals surface area contributed by atoms with Crippen molar-refractivity contribution in [1.82, 2.24) is 10.2 Å². The zero-order chi connectivity index (χ0) is 25.3. The molecule has 0 bridgehead atoms. The predicted octanol–water partition coefficient (Wildman–Crippen LogP) is 6.38. The number of thioether (sulfide) groups is 1. The number of carbonyl (C=O) groups is 2. The SMILES string of the molecule is CC(C)(C)NC(=O)C(Cc1ccccc1)N(Cc1cccc(Cl)c1)C(=O)CCSc1ccccc1. The summed E-state index contributed by atoms with van der Waals surface area (Å²) >= 11 is 7.87. The first-order chi connectivity index (χ1) is 16.7. The quantitative estimate of drug-likeness (QED) is 0.323. The van der Waals surface area contributed by atoms with Crippen molar-refractivity contribution in [2.45, 2.75) is 56.6 Å². The average molecular weight is 509 g/mol. The van der Waals surface area contributed by atoms with E-state index >= 15 is 0 Å². The summed E-state index contributed by atoms with van der Waals surface area (Å²) in [5.74, 6) is 0.416. The fourth-order valence-corrected chi connectivity index (χ4v) is 4.83. The Balaban J connectivity index is 1.87. The Bertz CT molecular complexity index is 1100. The highest BCUT2D eigenvalue weighted by Crippen LogP contribution is 2.22. The lowest BCUT2D eigenvalue weighted by atomic mass is 10.0. The number of benzene rings is 3. The van der Waals surface area contributed by atoms with Gasteiger partial charge in [-0.1, -0.05) is 72.3 Å². The van der Waals surface area contributed by atoms with Gasteiger partial charge in [0.2, 0.25) is 11.8 Å². The monoisotopic (exact) mass is 508 g/mol. The Morgan fingerprint density at radius 1 is 0.914 bits per heavy atom. The number of nitrogens with one attached hydrogen (secondary N) is 1. The maximum Gasteiger partial charge on any atom is 0.243 e. The summed E-state index contributed by atoms with van der Waals surface area (Å²) in [6, 6.07) is 26.7. The van der Waals surface area contributed by atoms with Gasteiger partial charge in [-0.15, -0.1) is 11.8 Å². The fourth-order valence-electron chi connectivity index (χ4n) is 3.76. The molecule has 3 aromatic carbocycles. The van der Waals surface area contributed by atoms with E-state index in [0.29, 0.717) is 30.2 Å². The number of amides is 2. The third kappa shape index (κ3) is 9.08. The van der Waals surface area contributed by atoms with Crippen LogP contribution in [0.15, 0.2) is 89.8 Å².